The number of fused-ring (bicyclic) bond motifs is 2. The fourth-order valence-electron chi connectivity index (χ4n) is 5.34. The third-order valence-electron chi connectivity index (χ3n) is 7.23. The van der Waals surface area contributed by atoms with Crippen LogP contribution < -0.4 is 8.11 Å². The van der Waals surface area contributed by atoms with Crippen LogP contribution in [0.4, 0.5) is 0 Å². The minimum atomic E-state index is -2.49. The Morgan fingerprint density at radius 2 is 1.51 bits per heavy atom. The van der Waals surface area contributed by atoms with Gasteiger partial charge in [0.05, 0.1) is 0 Å². The second kappa shape index (κ2) is 8.90. The number of nitrogens with zero attached hydrogens (tertiary/aromatic N) is 1. The zero-order valence-corrected chi connectivity index (χ0v) is 24.9. The van der Waals surface area contributed by atoms with Gasteiger partial charge in [0.1, 0.15) is 0 Å². The first-order chi connectivity index (χ1) is 16.6. The summed E-state index contributed by atoms with van der Waals surface area (Å²) in [6, 6.07) is 27.0. The molecule has 0 unspecified atom stereocenters. The van der Waals surface area contributed by atoms with Gasteiger partial charge in [-0.25, -0.2) is 0 Å². The molecule has 2 heterocycles. The Labute approximate surface area is 216 Å². The van der Waals surface area contributed by atoms with Crippen molar-refractivity contribution in [1.29, 1.82) is 0 Å². The molecule has 0 spiro atoms. The second-order valence-electron chi connectivity index (χ2n) is 11.5. The zero-order chi connectivity index (χ0) is 25.0. The van der Waals surface area contributed by atoms with Crippen LogP contribution in [0.3, 0.4) is 0 Å². The SMILES string of the molecule is CC(C)c1[c]([Ge]([CH3])([CH3])[c]2ccccc2)sc2c(-c3cc(C(C)(C)C)c4ccccc4c3)nccc12. The molecule has 0 radical (unpaired) electrons. The Morgan fingerprint density at radius 1 is 0.829 bits per heavy atom. The summed E-state index contributed by atoms with van der Waals surface area (Å²) >= 11 is -0.472. The van der Waals surface area contributed by atoms with Crippen molar-refractivity contribution in [3.8, 4) is 11.3 Å². The van der Waals surface area contributed by atoms with E-state index in [1.807, 2.05) is 17.5 Å². The maximum absolute atomic E-state index is 5.01. The summed E-state index contributed by atoms with van der Waals surface area (Å²) in [4.78, 5) is 5.01. The average Bonchev–Trinajstić information content (AvgIpc) is 3.24. The normalized spacial score (nSPS) is 12.7. The molecule has 0 saturated carbocycles. The standard InChI is InChI=1S/C32H35GeNS/c1-21(2)28-26-17-18-34-29(30(26)35-31(28)33(6,7)24-14-9-8-10-15-24)23-19-22-13-11-12-16-25(22)27(20-23)32(3,4)5/h8-21H,1-7H3. The number of hydrogen-bond acceptors (Lipinski definition) is 2. The summed E-state index contributed by atoms with van der Waals surface area (Å²) in [5.74, 6) is 5.57. The molecular formula is C32H35GeNS. The topological polar surface area (TPSA) is 12.9 Å². The van der Waals surface area contributed by atoms with E-state index in [-0.39, 0.29) is 5.41 Å². The van der Waals surface area contributed by atoms with E-state index >= 15 is 0 Å². The van der Waals surface area contributed by atoms with Crippen LogP contribution in [0.2, 0.25) is 11.5 Å². The van der Waals surface area contributed by atoms with Gasteiger partial charge in [-0.15, -0.1) is 0 Å². The maximum atomic E-state index is 5.01. The predicted octanol–water partition coefficient (Wildman–Crippen LogP) is 8.36. The van der Waals surface area contributed by atoms with Gasteiger partial charge in [-0.05, 0) is 0 Å². The first kappa shape index (κ1) is 24.3. The molecule has 35 heavy (non-hydrogen) atoms. The summed E-state index contributed by atoms with van der Waals surface area (Å²) in [6.07, 6.45) is 2.02. The fraction of sp³-hybridized carbons (Fsp3) is 0.281. The van der Waals surface area contributed by atoms with E-state index in [1.54, 1.807) is 9.27 Å². The number of benzene rings is 3. The van der Waals surface area contributed by atoms with Crippen molar-refractivity contribution < 1.29 is 0 Å². The molecule has 0 saturated heterocycles. The molecule has 178 valence electrons. The van der Waals surface area contributed by atoms with E-state index in [2.05, 4.69) is 119 Å². The molecule has 5 rings (SSSR count). The van der Waals surface area contributed by atoms with Gasteiger partial charge in [0.15, 0.2) is 0 Å². The van der Waals surface area contributed by atoms with Crippen LogP contribution in [0.15, 0.2) is 79.0 Å². The van der Waals surface area contributed by atoms with Crippen molar-refractivity contribution in [3.05, 3.63) is 90.1 Å². The molecule has 3 heteroatoms. The molecule has 1 nitrogen and oxygen atoms in total. The Bertz CT molecular complexity index is 1520. The number of pyridine rings is 1. The molecule has 2 aromatic heterocycles. The molecule has 5 aromatic rings. The van der Waals surface area contributed by atoms with Gasteiger partial charge in [-0.1, -0.05) is 0 Å². The second-order valence-corrected chi connectivity index (χ2v) is 22.4. The van der Waals surface area contributed by atoms with Gasteiger partial charge in [0.25, 0.3) is 0 Å². The Hall–Kier alpha value is -2.43. The number of hydrogen-bond donors (Lipinski definition) is 0. The van der Waals surface area contributed by atoms with Crippen LogP contribution in [-0.4, -0.2) is 18.3 Å². The zero-order valence-electron chi connectivity index (χ0n) is 21.9. The fourth-order valence-corrected chi connectivity index (χ4v) is 14.7. The van der Waals surface area contributed by atoms with Gasteiger partial charge in [0, 0.05) is 0 Å². The summed E-state index contributed by atoms with van der Waals surface area (Å²) in [6.45, 7) is 11.6. The van der Waals surface area contributed by atoms with Gasteiger partial charge >= 0.3 is 217 Å². The van der Waals surface area contributed by atoms with Crippen LogP contribution in [0.25, 0.3) is 32.1 Å². The predicted molar refractivity (Wildman–Crippen MR) is 159 cm³/mol. The molecule has 0 bridgehead atoms. The molecular weight excluding hydrogens is 503 g/mol. The van der Waals surface area contributed by atoms with Crippen molar-refractivity contribution in [3.63, 3.8) is 0 Å². The van der Waals surface area contributed by atoms with Crippen molar-refractivity contribution in [2.24, 2.45) is 0 Å². The molecule has 3 aromatic carbocycles. The van der Waals surface area contributed by atoms with E-state index in [9.17, 15) is 0 Å². The quantitative estimate of drug-likeness (QED) is 0.210. The number of rotatable bonds is 4. The molecule has 0 aliphatic rings. The first-order valence-corrected chi connectivity index (χ1v) is 19.7. The van der Waals surface area contributed by atoms with Gasteiger partial charge in [-0.3, -0.25) is 0 Å². The van der Waals surface area contributed by atoms with Crippen molar-refractivity contribution in [2.45, 2.75) is 57.5 Å². The molecule has 0 amide bonds. The van der Waals surface area contributed by atoms with Crippen molar-refractivity contribution in [2.75, 3.05) is 0 Å². The van der Waals surface area contributed by atoms with Crippen LogP contribution >= 0.6 is 11.3 Å². The first-order valence-electron chi connectivity index (χ1n) is 12.6. The Kier molecular flexibility index (Phi) is 6.18. The Balaban J connectivity index is 1.81. The van der Waals surface area contributed by atoms with Crippen LogP contribution in [-0.2, 0) is 5.41 Å². The average molecular weight is 538 g/mol. The van der Waals surface area contributed by atoms with Crippen molar-refractivity contribution in [1.82, 2.24) is 4.98 Å². The molecule has 0 aliphatic heterocycles. The van der Waals surface area contributed by atoms with Crippen LogP contribution in [0.5, 0.6) is 0 Å². The summed E-state index contributed by atoms with van der Waals surface area (Å²) in [7, 11) is 0. The van der Waals surface area contributed by atoms with E-state index in [0.29, 0.717) is 5.92 Å². The molecule has 0 aliphatic carbocycles. The van der Waals surface area contributed by atoms with Crippen LogP contribution in [0, 0.1) is 0 Å². The third-order valence-corrected chi connectivity index (χ3v) is 18.2. The van der Waals surface area contributed by atoms with E-state index in [4.69, 9.17) is 4.98 Å². The Morgan fingerprint density at radius 3 is 2.20 bits per heavy atom. The van der Waals surface area contributed by atoms with E-state index in [1.165, 1.54) is 36.4 Å². The molecule has 0 N–H and O–H groups in total. The third kappa shape index (κ3) is 4.25. The molecule has 0 atom stereocenters. The van der Waals surface area contributed by atoms with Crippen molar-refractivity contribution >= 4 is 53.6 Å². The van der Waals surface area contributed by atoms with Gasteiger partial charge < -0.3 is 0 Å². The monoisotopic (exact) mass is 539 g/mol. The minimum absolute atomic E-state index is 0.0534. The van der Waals surface area contributed by atoms with Crippen LogP contribution in [0.1, 0.15) is 51.7 Å². The summed E-state index contributed by atoms with van der Waals surface area (Å²) < 4.78 is 4.51. The summed E-state index contributed by atoms with van der Waals surface area (Å²) in [5.41, 5.74) is 5.33. The van der Waals surface area contributed by atoms with E-state index in [0.717, 1.165) is 5.69 Å². The van der Waals surface area contributed by atoms with Gasteiger partial charge in [-0.2, -0.15) is 0 Å². The van der Waals surface area contributed by atoms with E-state index < -0.39 is 13.3 Å². The molecule has 0 fully saturated rings. The van der Waals surface area contributed by atoms with Gasteiger partial charge in [0.2, 0.25) is 0 Å². The summed E-state index contributed by atoms with van der Waals surface area (Å²) in [5, 5.41) is 4.02. The number of thiophene rings is 1. The number of aromatic nitrogens is 1.